The lowest BCUT2D eigenvalue weighted by atomic mass is 10.0. The van der Waals surface area contributed by atoms with Gasteiger partial charge >= 0.3 is 6.36 Å². The number of alkyl halides is 3. The summed E-state index contributed by atoms with van der Waals surface area (Å²) in [5.41, 5.74) is 0.959. The van der Waals surface area contributed by atoms with Crippen LogP contribution in [0.25, 0.3) is 0 Å². The Morgan fingerprint density at radius 3 is 2.29 bits per heavy atom. The Kier molecular flexibility index (Phi) is 5.49. The van der Waals surface area contributed by atoms with E-state index in [9.17, 15) is 13.2 Å². The normalized spacial score (nSPS) is 17.7. The number of halogens is 4. The fourth-order valence-electron chi connectivity index (χ4n) is 2.82. The molecule has 3 nitrogen and oxygen atoms in total. The van der Waals surface area contributed by atoms with Crippen molar-refractivity contribution in [2.75, 3.05) is 26.2 Å². The van der Waals surface area contributed by atoms with Crippen molar-refractivity contribution in [2.45, 2.75) is 12.4 Å². The highest BCUT2D eigenvalue weighted by Gasteiger charge is 2.31. The highest BCUT2D eigenvalue weighted by Crippen LogP contribution is 2.36. The van der Waals surface area contributed by atoms with Crippen LogP contribution in [0.5, 0.6) is 5.75 Å². The van der Waals surface area contributed by atoms with Crippen LogP contribution < -0.4 is 10.1 Å². The number of nitrogens with one attached hydrogen (secondary N) is 1. The van der Waals surface area contributed by atoms with Gasteiger partial charge in [-0.1, -0.05) is 12.1 Å². The van der Waals surface area contributed by atoms with Gasteiger partial charge in [0.2, 0.25) is 0 Å². The zero-order valence-electron chi connectivity index (χ0n) is 12.6. The maximum absolute atomic E-state index is 12.3. The Labute approximate surface area is 150 Å². The summed E-state index contributed by atoms with van der Waals surface area (Å²) in [6.45, 7) is 3.58. The number of thiophene rings is 1. The Bertz CT molecular complexity index is 669. The van der Waals surface area contributed by atoms with Crippen LogP contribution in [0.2, 0.25) is 0 Å². The summed E-state index contributed by atoms with van der Waals surface area (Å²) in [6.07, 6.45) is -4.67. The van der Waals surface area contributed by atoms with Gasteiger partial charge in [0.1, 0.15) is 5.75 Å². The predicted molar refractivity (Wildman–Crippen MR) is 91.4 cm³/mol. The molecule has 2 aromatic rings. The van der Waals surface area contributed by atoms with Gasteiger partial charge < -0.3 is 10.1 Å². The van der Waals surface area contributed by atoms with E-state index in [1.807, 2.05) is 6.07 Å². The van der Waals surface area contributed by atoms with Crippen LogP contribution in [0.15, 0.2) is 40.2 Å². The molecule has 2 heterocycles. The third-order valence-corrected chi connectivity index (χ3v) is 5.49. The second-order valence-corrected chi connectivity index (χ2v) is 7.94. The summed E-state index contributed by atoms with van der Waals surface area (Å²) in [6, 6.07) is 10.3. The Morgan fingerprint density at radius 2 is 1.75 bits per heavy atom. The molecule has 1 aromatic carbocycles. The largest absolute Gasteiger partial charge is 0.573 e. The third kappa shape index (κ3) is 4.50. The van der Waals surface area contributed by atoms with E-state index >= 15 is 0 Å². The lowest BCUT2D eigenvalue weighted by Crippen LogP contribution is -2.45. The van der Waals surface area contributed by atoms with Crippen molar-refractivity contribution in [1.82, 2.24) is 10.2 Å². The van der Waals surface area contributed by atoms with Gasteiger partial charge in [0.05, 0.1) is 9.83 Å². The lowest BCUT2D eigenvalue weighted by Gasteiger charge is -2.34. The van der Waals surface area contributed by atoms with Crippen LogP contribution in [0.1, 0.15) is 16.5 Å². The van der Waals surface area contributed by atoms with E-state index in [0.717, 1.165) is 40.4 Å². The standard InChI is InChI=1S/C16H16BrF3N2OS/c17-14-6-5-13(24-14)15(22-9-7-21-8-10-22)11-1-3-12(4-2-11)23-16(18,19)20/h1-6,15,21H,7-10H2/t15-/m1/s1. The maximum Gasteiger partial charge on any atom is 0.573 e. The highest BCUT2D eigenvalue weighted by atomic mass is 79.9. The van der Waals surface area contributed by atoms with Crippen LogP contribution in [0.3, 0.4) is 0 Å². The molecule has 3 rings (SSSR count). The summed E-state index contributed by atoms with van der Waals surface area (Å²) >= 11 is 5.13. The zero-order chi connectivity index (χ0) is 17.2. The molecule has 0 saturated carbocycles. The van der Waals surface area contributed by atoms with Gasteiger partial charge in [-0.3, -0.25) is 4.90 Å². The summed E-state index contributed by atoms with van der Waals surface area (Å²) < 4.78 is 42.0. The van der Waals surface area contributed by atoms with Gasteiger partial charge in [0.15, 0.2) is 0 Å². The maximum atomic E-state index is 12.3. The van der Waals surface area contributed by atoms with E-state index in [-0.39, 0.29) is 11.8 Å². The molecule has 1 N–H and O–H groups in total. The Balaban J connectivity index is 1.87. The number of rotatable bonds is 4. The zero-order valence-corrected chi connectivity index (χ0v) is 15.0. The first-order valence-corrected chi connectivity index (χ1v) is 9.09. The monoisotopic (exact) mass is 420 g/mol. The van der Waals surface area contributed by atoms with Crippen molar-refractivity contribution in [1.29, 1.82) is 0 Å². The van der Waals surface area contributed by atoms with Crippen LogP contribution >= 0.6 is 27.3 Å². The van der Waals surface area contributed by atoms with E-state index in [0.29, 0.717) is 0 Å². The van der Waals surface area contributed by atoms with Crippen LogP contribution in [-0.2, 0) is 0 Å². The molecule has 0 radical (unpaired) electrons. The van der Waals surface area contributed by atoms with Crippen molar-refractivity contribution in [2.24, 2.45) is 0 Å². The number of piperazine rings is 1. The summed E-state index contributed by atoms with van der Waals surface area (Å²) in [5.74, 6) is -0.197. The van der Waals surface area contributed by atoms with E-state index in [1.54, 1.807) is 23.5 Å². The van der Waals surface area contributed by atoms with Gasteiger partial charge in [0.25, 0.3) is 0 Å². The molecular formula is C16H16BrF3N2OS. The molecule has 130 valence electrons. The summed E-state index contributed by atoms with van der Waals surface area (Å²) in [4.78, 5) is 3.50. The second kappa shape index (κ2) is 7.43. The Morgan fingerprint density at radius 1 is 1.08 bits per heavy atom. The number of benzene rings is 1. The van der Waals surface area contributed by atoms with Crippen LogP contribution in [0, 0.1) is 0 Å². The minimum absolute atomic E-state index is 0.0309. The quantitative estimate of drug-likeness (QED) is 0.792. The van der Waals surface area contributed by atoms with E-state index < -0.39 is 6.36 Å². The van der Waals surface area contributed by atoms with Crippen molar-refractivity contribution >= 4 is 27.3 Å². The molecule has 8 heteroatoms. The number of nitrogens with zero attached hydrogens (tertiary/aromatic N) is 1. The molecule has 24 heavy (non-hydrogen) atoms. The van der Waals surface area contributed by atoms with E-state index in [2.05, 4.69) is 36.9 Å². The first kappa shape index (κ1) is 17.7. The van der Waals surface area contributed by atoms with Crippen molar-refractivity contribution in [3.05, 3.63) is 50.6 Å². The second-order valence-electron chi connectivity index (χ2n) is 5.45. The molecule has 1 aliphatic heterocycles. The van der Waals surface area contributed by atoms with Crippen molar-refractivity contribution in [3.8, 4) is 5.75 Å². The minimum atomic E-state index is -4.67. The van der Waals surface area contributed by atoms with Gasteiger partial charge in [0, 0.05) is 31.1 Å². The Hall–Kier alpha value is -1.09. The molecule has 0 spiro atoms. The predicted octanol–water partition coefficient (Wildman–Crippen LogP) is 4.40. The summed E-state index contributed by atoms with van der Waals surface area (Å²) in [5, 5.41) is 3.32. The first-order valence-electron chi connectivity index (χ1n) is 7.48. The highest BCUT2D eigenvalue weighted by molar-refractivity contribution is 9.11. The van der Waals surface area contributed by atoms with E-state index in [1.165, 1.54) is 12.1 Å². The molecule has 0 unspecified atom stereocenters. The third-order valence-electron chi connectivity index (χ3n) is 3.81. The van der Waals surface area contributed by atoms with Gasteiger partial charge in [-0.05, 0) is 45.8 Å². The average Bonchev–Trinajstić information content (AvgIpc) is 2.95. The van der Waals surface area contributed by atoms with Gasteiger partial charge in [-0.2, -0.15) is 0 Å². The number of hydrogen-bond donors (Lipinski definition) is 1. The fraction of sp³-hybridized carbons (Fsp3) is 0.375. The summed E-state index contributed by atoms with van der Waals surface area (Å²) in [7, 11) is 0. The number of ether oxygens (including phenoxy) is 1. The van der Waals surface area contributed by atoms with Crippen molar-refractivity contribution < 1.29 is 17.9 Å². The fourth-order valence-corrected chi connectivity index (χ4v) is 4.41. The average molecular weight is 421 g/mol. The van der Waals surface area contributed by atoms with E-state index in [4.69, 9.17) is 0 Å². The molecule has 1 atom stereocenters. The number of hydrogen-bond acceptors (Lipinski definition) is 4. The molecule has 1 aliphatic rings. The molecule has 1 saturated heterocycles. The smallest absolute Gasteiger partial charge is 0.406 e. The lowest BCUT2D eigenvalue weighted by molar-refractivity contribution is -0.274. The first-order chi connectivity index (χ1) is 11.4. The topological polar surface area (TPSA) is 24.5 Å². The van der Waals surface area contributed by atoms with Gasteiger partial charge in [-0.25, -0.2) is 0 Å². The molecule has 0 bridgehead atoms. The molecule has 0 aliphatic carbocycles. The SMILES string of the molecule is FC(F)(F)Oc1ccc([C@H](c2ccc(Br)s2)N2CCNCC2)cc1. The van der Waals surface area contributed by atoms with Crippen molar-refractivity contribution in [3.63, 3.8) is 0 Å². The van der Waals surface area contributed by atoms with Crippen LogP contribution in [0.4, 0.5) is 13.2 Å². The van der Waals surface area contributed by atoms with Crippen LogP contribution in [-0.4, -0.2) is 37.4 Å². The molecule has 1 aromatic heterocycles. The molecule has 0 amide bonds. The molecule has 1 fully saturated rings. The molecular weight excluding hydrogens is 405 g/mol. The minimum Gasteiger partial charge on any atom is -0.406 e. The van der Waals surface area contributed by atoms with Gasteiger partial charge in [-0.15, -0.1) is 24.5 Å².